The van der Waals surface area contributed by atoms with Crippen molar-refractivity contribution in [1.82, 2.24) is 24.7 Å². The maximum Gasteiger partial charge on any atom is 0.345 e. The zero-order chi connectivity index (χ0) is 22.0. The molecule has 0 radical (unpaired) electrons. The number of hydrogen-bond acceptors (Lipinski definition) is 7. The van der Waals surface area contributed by atoms with Gasteiger partial charge in [-0.2, -0.15) is 0 Å². The number of ether oxygens (including phenoxy) is 1. The van der Waals surface area contributed by atoms with Crippen LogP contribution in [-0.2, 0) is 9.53 Å². The van der Waals surface area contributed by atoms with E-state index >= 15 is 0 Å². The van der Waals surface area contributed by atoms with Crippen LogP contribution in [0.5, 0.6) is 0 Å². The number of esters is 1. The largest absolute Gasteiger partial charge is 0.510 e. The minimum atomic E-state index is -0.672. The van der Waals surface area contributed by atoms with E-state index in [0.29, 0.717) is 10.7 Å². The molecule has 31 heavy (non-hydrogen) atoms. The van der Waals surface area contributed by atoms with Crippen molar-refractivity contribution >= 4 is 34.3 Å². The number of fused-ring (bicyclic) bond motifs is 1. The number of thioether (sulfide) groups is 1. The van der Waals surface area contributed by atoms with E-state index in [2.05, 4.69) is 20.2 Å². The Labute approximate surface area is 183 Å². The van der Waals surface area contributed by atoms with Crippen LogP contribution < -0.4 is 0 Å². The highest BCUT2D eigenvalue weighted by molar-refractivity contribution is 7.99. The number of hydrogen-bond donors (Lipinski definition) is 2. The van der Waals surface area contributed by atoms with Crippen LogP contribution in [0.25, 0.3) is 22.3 Å². The molecule has 2 aromatic heterocycles. The molecule has 4 rings (SSSR count). The van der Waals surface area contributed by atoms with Crippen LogP contribution in [-0.4, -0.2) is 48.7 Å². The van der Waals surface area contributed by atoms with Gasteiger partial charge in [-0.15, -0.1) is 10.2 Å². The Hall–Kier alpha value is -3.59. The highest BCUT2D eigenvalue weighted by Gasteiger charge is 2.23. The SMILES string of the molecule is COC(=O)C(=C(O)CSc1nnc(C)n1-c1ccccc1C)c1nc2ccccc2[nH]1. The van der Waals surface area contributed by atoms with Crippen molar-refractivity contribution in [3.05, 3.63) is 71.5 Å². The van der Waals surface area contributed by atoms with Gasteiger partial charge < -0.3 is 14.8 Å². The van der Waals surface area contributed by atoms with Crippen LogP contribution in [0.2, 0.25) is 0 Å². The summed E-state index contributed by atoms with van der Waals surface area (Å²) in [6.45, 7) is 3.88. The summed E-state index contributed by atoms with van der Waals surface area (Å²) in [5.74, 6) is 0.237. The zero-order valence-corrected chi connectivity index (χ0v) is 18.1. The summed E-state index contributed by atoms with van der Waals surface area (Å²) in [7, 11) is 1.27. The van der Waals surface area contributed by atoms with E-state index in [0.717, 1.165) is 22.6 Å². The number of aromatic amines is 1. The van der Waals surface area contributed by atoms with Crippen LogP contribution in [0.15, 0.2) is 59.4 Å². The fraction of sp³-hybridized carbons (Fsp3) is 0.182. The molecule has 0 aliphatic carbocycles. The van der Waals surface area contributed by atoms with Crippen molar-refractivity contribution in [3.8, 4) is 5.69 Å². The van der Waals surface area contributed by atoms with Crippen molar-refractivity contribution in [2.24, 2.45) is 0 Å². The van der Waals surface area contributed by atoms with Gasteiger partial charge in [-0.25, -0.2) is 9.78 Å². The first-order chi connectivity index (χ1) is 15.0. The fourth-order valence-corrected chi connectivity index (χ4v) is 4.13. The number of nitrogens with zero attached hydrogens (tertiary/aromatic N) is 4. The number of aliphatic hydroxyl groups excluding tert-OH is 1. The third-order valence-electron chi connectivity index (χ3n) is 4.79. The van der Waals surface area contributed by atoms with E-state index in [1.54, 1.807) is 0 Å². The molecule has 4 aromatic rings. The third-order valence-corrected chi connectivity index (χ3v) is 5.73. The van der Waals surface area contributed by atoms with E-state index in [-0.39, 0.29) is 22.9 Å². The van der Waals surface area contributed by atoms with Gasteiger partial charge in [0.05, 0.1) is 29.6 Å². The molecule has 8 nitrogen and oxygen atoms in total. The minimum Gasteiger partial charge on any atom is -0.510 e. The van der Waals surface area contributed by atoms with Gasteiger partial charge >= 0.3 is 5.97 Å². The molecule has 2 heterocycles. The summed E-state index contributed by atoms with van der Waals surface area (Å²) in [4.78, 5) is 19.9. The van der Waals surface area contributed by atoms with Crippen molar-refractivity contribution in [3.63, 3.8) is 0 Å². The Bertz CT molecular complexity index is 1260. The van der Waals surface area contributed by atoms with E-state index in [1.165, 1.54) is 18.9 Å². The normalized spacial score (nSPS) is 12.1. The second-order valence-electron chi connectivity index (χ2n) is 6.86. The number of para-hydroxylation sites is 3. The van der Waals surface area contributed by atoms with E-state index in [9.17, 15) is 9.90 Å². The molecule has 0 fully saturated rings. The van der Waals surface area contributed by atoms with Crippen molar-refractivity contribution < 1.29 is 14.6 Å². The Morgan fingerprint density at radius 3 is 2.61 bits per heavy atom. The van der Waals surface area contributed by atoms with Gasteiger partial charge in [0.1, 0.15) is 23.0 Å². The number of imidazole rings is 1. The highest BCUT2D eigenvalue weighted by Crippen LogP contribution is 2.28. The summed E-state index contributed by atoms with van der Waals surface area (Å²) in [6, 6.07) is 15.3. The van der Waals surface area contributed by atoms with E-state index in [4.69, 9.17) is 4.74 Å². The van der Waals surface area contributed by atoms with E-state index in [1.807, 2.05) is 66.9 Å². The van der Waals surface area contributed by atoms with Crippen LogP contribution in [0, 0.1) is 13.8 Å². The lowest BCUT2D eigenvalue weighted by Crippen LogP contribution is -2.10. The molecule has 2 aromatic carbocycles. The molecule has 0 bridgehead atoms. The molecule has 0 saturated carbocycles. The van der Waals surface area contributed by atoms with Gasteiger partial charge in [-0.1, -0.05) is 42.1 Å². The summed E-state index contributed by atoms with van der Waals surface area (Å²) < 4.78 is 6.81. The molecule has 9 heteroatoms. The number of rotatable bonds is 6. The number of benzene rings is 2. The number of H-pyrrole nitrogens is 1. The molecule has 0 amide bonds. The van der Waals surface area contributed by atoms with Gasteiger partial charge in [0, 0.05) is 0 Å². The van der Waals surface area contributed by atoms with Gasteiger partial charge in [0.2, 0.25) is 0 Å². The molecule has 0 saturated heterocycles. The van der Waals surface area contributed by atoms with Crippen LogP contribution >= 0.6 is 11.8 Å². The number of aryl methyl sites for hydroxylation is 2. The summed E-state index contributed by atoms with van der Waals surface area (Å²) in [6.07, 6.45) is 0. The first-order valence-electron chi connectivity index (χ1n) is 9.56. The molecule has 0 spiro atoms. The number of carbonyl (C=O) groups excluding carboxylic acids is 1. The fourth-order valence-electron chi connectivity index (χ4n) is 3.26. The van der Waals surface area contributed by atoms with Crippen LogP contribution in [0.4, 0.5) is 0 Å². The van der Waals surface area contributed by atoms with Gasteiger partial charge in [-0.3, -0.25) is 4.57 Å². The topological polar surface area (TPSA) is 106 Å². The van der Waals surface area contributed by atoms with Gasteiger partial charge in [0.15, 0.2) is 5.16 Å². The summed E-state index contributed by atoms with van der Waals surface area (Å²) in [5, 5.41) is 19.8. The molecule has 0 aliphatic heterocycles. The third kappa shape index (κ3) is 4.04. The van der Waals surface area contributed by atoms with Crippen LogP contribution in [0.3, 0.4) is 0 Å². The second kappa shape index (κ2) is 8.65. The van der Waals surface area contributed by atoms with Crippen molar-refractivity contribution in [2.45, 2.75) is 19.0 Å². The molecule has 0 atom stereocenters. The number of nitrogens with one attached hydrogen (secondary N) is 1. The Balaban J connectivity index is 1.68. The maximum absolute atomic E-state index is 12.4. The van der Waals surface area contributed by atoms with E-state index < -0.39 is 5.97 Å². The molecule has 2 N–H and O–H groups in total. The zero-order valence-electron chi connectivity index (χ0n) is 17.3. The summed E-state index contributed by atoms with van der Waals surface area (Å²) in [5.41, 5.74) is 3.47. The smallest absolute Gasteiger partial charge is 0.345 e. The standard InChI is InChI=1S/C22H21N5O3S/c1-13-8-4-7-11-17(13)27-14(2)25-26-22(27)31-12-18(28)19(21(29)30-3)20-23-15-9-5-6-10-16(15)24-20/h4-11,28H,12H2,1-3H3,(H,23,24). The maximum atomic E-state index is 12.4. The average Bonchev–Trinajstić information content (AvgIpc) is 3.35. The number of aromatic nitrogens is 5. The summed E-state index contributed by atoms with van der Waals surface area (Å²) >= 11 is 1.27. The number of methoxy groups -OCH3 is 1. The lowest BCUT2D eigenvalue weighted by Gasteiger charge is -2.11. The molecule has 0 aliphatic rings. The number of carbonyl (C=O) groups is 1. The van der Waals surface area contributed by atoms with Crippen molar-refractivity contribution in [2.75, 3.05) is 12.9 Å². The van der Waals surface area contributed by atoms with Crippen molar-refractivity contribution in [1.29, 1.82) is 0 Å². The lowest BCUT2D eigenvalue weighted by molar-refractivity contribution is -0.133. The molecular formula is C22H21N5O3S. The highest BCUT2D eigenvalue weighted by atomic mass is 32.2. The lowest BCUT2D eigenvalue weighted by atomic mass is 10.2. The molecular weight excluding hydrogens is 414 g/mol. The predicted molar refractivity (Wildman–Crippen MR) is 119 cm³/mol. The van der Waals surface area contributed by atoms with Gasteiger partial charge in [-0.05, 0) is 37.6 Å². The Morgan fingerprint density at radius 2 is 1.87 bits per heavy atom. The quantitative estimate of drug-likeness (QED) is 0.204. The number of aliphatic hydroxyl groups is 1. The first-order valence-corrected chi connectivity index (χ1v) is 10.5. The first kappa shape index (κ1) is 20.7. The molecule has 0 unspecified atom stereocenters. The predicted octanol–water partition coefficient (Wildman–Crippen LogP) is 3.99. The molecule has 158 valence electrons. The van der Waals surface area contributed by atoms with Gasteiger partial charge in [0.25, 0.3) is 0 Å². The Kier molecular flexibility index (Phi) is 5.77. The Morgan fingerprint density at radius 1 is 1.13 bits per heavy atom. The van der Waals surface area contributed by atoms with Crippen LogP contribution in [0.1, 0.15) is 17.2 Å². The average molecular weight is 436 g/mol. The minimum absolute atomic E-state index is 0.00937. The second-order valence-corrected chi connectivity index (χ2v) is 7.80. The monoisotopic (exact) mass is 435 g/mol.